The Balaban J connectivity index is 1.71. The number of thiocarbonyl (C=S) groups is 1. The van der Waals surface area contributed by atoms with E-state index in [-0.39, 0.29) is 13.2 Å². The molecule has 0 unspecified atom stereocenters. The van der Waals surface area contributed by atoms with Gasteiger partial charge in [0, 0.05) is 21.8 Å². The van der Waals surface area contributed by atoms with Crippen molar-refractivity contribution in [2.75, 3.05) is 19.8 Å². The average molecular weight is 543 g/mol. The van der Waals surface area contributed by atoms with Crippen LogP contribution in [0.3, 0.4) is 0 Å². The van der Waals surface area contributed by atoms with E-state index >= 15 is 0 Å². The number of carbonyl (C=O) groups excluding carboxylic acids is 2. The highest BCUT2D eigenvalue weighted by molar-refractivity contribution is 7.80. The number of para-hydroxylation sites is 1. The van der Waals surface area contributed by atoms with Crippen LogP contribution in [0.1, 0.15) is 31.0 Å². The summed E-state index contributed by atoms with van der Waals surface area (Å²) < 4.78 is 16.6. The lowest BCUT2D eigenvalue weighted by Gasteiger charge is -2.30. The summed E-state index contributed by atoms with van der Waals surface area (Å²) in [6, 6.07) is 11.5. The molecule has 2 aromatic rings. The Morgan fingerprint density at radius 3 is 2.76 bits per heavy atom. The number of hydrogen-bond acceptors (Lipinski definition) is 7. The minimum atomic E-state index is -0.623. The zero-order chi connectivity index (χ0) is 26.8. The average Bonchev–Trinajstić information content (AvgIpc) is 2.87. The molecule has 0 bridgehead atoms. The molecule has 3 rings (SSSR count). The van der Waals surface area contributed by atoms with Gasteiger partial charge in [-0.15, -0.1) is 0 Å². The van der Waals surface area contributed by atoms with Crippen LogP contribution in [0.5, 0.6) is 11.5 Å². The highest BCUT2D eigenvalue weighted by Crippen LogP contribution is 2.33. The third-order valence-corrected chi connectivity index (χ3v) is 5.53. The van der Waals surface area contributed by atoms with Crippen LogP contribution < -0.4 is 25.5 Å². The van der Waals surface area contributed by atoms with Gasteiger partial charge < -0.3 is 24.8 Å². The number of nitrogens with zero attached hydrogens (tertiary/aromatic N) is 1. The zero-order valence-electron chi connectivity index (χ0n) is 20.4. The number of amides is 1. The zero-order valence-corrected chi connectivity index (χ0v) is 21.9. The van der Waals surface area contributed by atoms with E-state index in [0.717, 1.165) is 0 Å². The summed E-state index contributed by atoms with van der Waals surface area (Å²) in [5.74, 6) is -0.0337. The molecule has 0 aliphatic carbocycles. The Kier molecular flexibility index (Phi) is 10.0. The molecule has 0 fully saturated rings. The number of rotatable bonds is 11. The lowest BCUT2D eigenvalue weighted by molar-refractivity contribution is -0.139. The highest BCUT2D eigenvalue weighted by atomic mass is 35.5. The Hall–Kier alpha value is -3.89. The molecule has 1 atom stereocenters. The third-order valence-electron chi connectivity index (χ3n) is 5.07. The van der Waals surface area contributed by atoms with E-state index < -0.39 is 17.9 Å². The standard InChI is InChI=1S/C26H27ClN4O5S/c1-4-12-35-20-11-10-18(27)13-17(20)14-28-31-22(32)15-36-21-9-7-6-8-19(21)24-23(25(33)34-5-2)16(3)29-26(37)30-24/h4,6-11,13-14,24H,1,5,12,15H2,2-3H3,(H,31,32)(H2,29,30,37)/t24-/m1/s1. The fourth-order valence-corrected chi connectivity index (χ4v) is 3.96. The van der Waals surface area contributed by atoms with Gasteiger partial charge in [-0.3, -0.25) is 4.79 Å². The molecule has 0 saturated carbocycles. The molecule has 194 valence electrons. The number of hydrazone groups is 1. The SMILES string of the molecule is C=CCOc1ccc(Cl)cc1C=NNC(=O)COc1ccccc1[C@H]1NC(=S)NC(C)=C1C(=O)OCC. The normalized spacial score (nSPS) is 15.0. The number of allylic oxidation sites excluding steroid dienone is 1. The number of nitrogens with one attached hydrogen (secondary N) is 3. The first kappa shape index (κ1) is 27.7. The van der Waals surface area contributed by atoms with Gasteiger partial charge in [0.25, 0.3) is 5.91 Å². The topological polar surface area (TPSA) is 110 Å². The molecule has 0 radical (unpaired) electrons. The predicted octanol–water partition coefficient (Wildman–Crippen LogP) is 3.79. The minimum Gasteiger partial charge on any atom is -0.489 e. The minimum absolute atomic E-state index is 0.225. The van der Waals surface area contributed by atoms with Gasteiger partial charge in [-0.25, -0.2) is 10.2 Å². The van der Waals surface area contributed by atoms with Crippen LogP contribution in [-0.2, 0) is 14.3 Å². The molecule has 1 amide bonds. The van der Waals surface area contributed by atoms with Crippen molar-refractivity contribution >= 4 is 47.0 Å². The van der Waals surface area contributed by atoms with Crippen molar-refractivity contribution in [1.82, 2.24) is 16.1 Å². The monoisotopic (exact) mass is 542 g/mol. The fraction of sp³-hybridized carbons (Fsp3) is 0.231. The fourth-order valence-electron chi connectivity index (χ4n) is 3.51. The Morgan fingerprint density at radius 1 is 1.22 bits per heavy atom. The van der Waals surface area contributed by atoms with Crippen molar-refractivity contribution in [2.24, 2.45) is 5.10 Å². The molecule has 1 heterocycles. The number of ether oxygens (including phenoxy) is 3. The second kappa shape index (κ2) is 13.4. The van der Waals surface area contributed by atoms with Gasteiger partial charge in [0.15, 0.2) is 11.7 Å². The molecule has 0 saturated heterocycles. The first-order valence-corrected chi connectivity index (χ1v) is 12.1. The molecule has 1 aliphatic heterocycles. The molecule has 9 nitrogen and oxygen atoms in total. The highest BCUT2D eigenvalue weighted by Gasteiger charge is 2.32. The second-order valence-corrected chi connectivity index (χ2v) is 8.54. The van der Waals surface area contributed by atoms with Gasteiger partial charge in [0.2, 0.25) is 0 Å². The molecule has 2 aromatic carbocycles. The number of halogens is 1. The van der Waals surface area contributed by atoms with Crippen LogP contribution >= 0.6 is 23.8 Å². The maximum Gasteiger partial charge on any atom is 0.338 e. The molecule has 0 aromatic heterocycles. The van der Waals surface area contributed by atoms with Crippen LogP contribution in [0.15, 0.2) is 71.5 Å². The van der Waals surface area contributed by atoms with E-state index in [4.69, 9.17) is 38.0 Å². The van der Waals surface area contributed by atoms with Crippen molar-refractivity contribution in [1.29, 1.82) is 0 Å². The molecule has 1 aliphatic rings. The van der Waals surface area contributed by atoms with Gasteiger partial charge in [-0.1, -0.05) is 42.5 Å². The van der Waals surface area contributed by atoms with E-state index in [1.807, 2.05) is 0 Å². The van der Waals surface area contributed by atoms with E-state index in [9.17, 15) is 9.59 Å². The van der Waals surface area contributed by atoms with Crippen molar-refractivity contribution in [3.8, 4) is 11.5 Å². The Morgan fingerprint density at radius 2 is 2.00 bits per heavy atom. The summed E-state index contributed by atoms with van der Waals surface area (Å²) >= 11 is 11.4. The third kappa shape index (κ3) is 7.55. The van der Waals surface area contributed by atoms with Crippen LogP contribution in [-0.4, -0.2) is 43.0 Å². The van der Waals surface area contributed by atoms with Crippen LogP contribution in [0.25, 0.3) is 0 Å². The van der Waals surface area contributed by atoms with Gasteiger partial charge >= 0.3 is 5.97 Å². The quantitative estimate of drug-likeness (QED) is 0.129. The van der Waals surface area contributed by atoms with Crippen LogP contribution in [0, 0.1) is 0 Å². The van der Waals surface area contributed by atoms with Gasteiger partial charge in [-0.2, -0.15) is 5.10 Å². The van der Waals surface area contributed by atoms with Crippen molar-refractivity contribution in [3.63, 3.8) is 0 Å². The number of carbonyl (C=O) groups is 2. The summed E-state index contributed by atoms with van der Waals surface area (Å²) in [5.41, 5.74) is 4.57. The molecular formula is C26H27ClN4O5S. The van der Waals surface area contributed by atoms with Gasteiger partial charge in [0.1, 0.15) is 18.1 Å². The summed E-state index contributed by atoms with van der Waals surface area (Å²) in [6.07, 6.45) is 3.04. The largest absolute Gasteiger partial charge is 0.489 e. The number of benzene rings is 2. The molecule has 37 heavy (non-hydrogen) atoms. The first-order valence-electron chi connectivity index (χ1n) is 11.4. The molecular weight excluding hydrogens is 516 g/mol. The Labute approximate surface area is 225 Å². The van der Waals surface area contributed by atoms with E-state index in [1.54, 1.807) is 62.4 Å². The van der Waals surface area contributed by atoms with Crippen molar-refractivity contribution < 1.29 is 23.8 Å². The summed E-state index contributed by atoms with van der Waals surface area (Å²) in [5, 5.41) is 10.9. The van der Waals surface area contributed by atoms with Crippen LogP contribution in [0.4, 0.5) is 0 Å². The summed E-state index contributed by atoms with van der Waals surface area (Å²) in [4.78, 5) is 25.1. The van der Waals surface area contributed by atoms with E-state index in [2.05, 4.69) is 27.7 Å². The van der Waals surface area contributed by atoms with Gasteiger partial charge in [-0.05, 0) is 50.3 Å². The van der Waals surface area contributed by atoms with Crippen molar-refractivity contribution in [2.45, 2.75) is 19.9 Å². The second-order valence-electron chi connectivity index (χ2n) is 7.69. The maximum atomic E-state index is 12.7. The lowest BCUT2D eigenvalue weighted by atomic mass is 9.95. The smallest absolute Gasteiger partial charge is 0.338 e. The van der Waals surface area contributed by atoms with Gasteiger partial charge in [0.05, 0.1) is 24.4 Å². The predicted molar refractivity (Wildman–Crippen MR) is 146 cm³/mol. The van der Waals surface area contributed by atoms with Crippen LogP contribution in [0.2, 0.25) is 5.02 Å². The van der Waals surface area contributed by atoms with E-state index in [0.29, 0.717) is 50.6 Å². The number of esters is 1. The molecule has 3 N–H and O–H groups in total. The lowest BCUT2D eigenvalue weighted by Crippen LogP contribution is -2.45. The van der Waals surface area contributed by atoms with Crippen molar-refractivity contribution in [3.05, 3.63) is 82.5 Å². The molecule has 0 spiro atoms. The Bertz CT molecular complexity index is 1250. The number of hydrogen-bond donors (Lipinski definition) is 3. The molecule has 11 heteroatoms. The first-order chi connectivity index (χ1) is 17.8. The summed E-state index contributed by atoms with van der Waals surface area (Å²) in [6.45, 7) is 7.31. The summed E-state index contributed by atoms with van der Waals surface area (Å²) in [7, 11) is 0. The van der Waals surface area contributed by atoms with E-state index in [1.165, 1.54) is 6.21 Å². The maximum absolute atomic E-state index is 12.7.